The van der Waals surface area contributed by atoms with Crippen molar-refractivity contribution in [3.05, 3.63) is 143 Å². The minimum Gasteiger partial charge on any atom is -0.457 e. The zero-order valence-corrected chi connectivity index (χ0v) is 42.7. The summed E-state index contributed by atoms with van der Waals surface area (Å²) in [6.45, 7) is 31.1. The first-order valence-corrected chi connectivity index (χ1v) is 24.3. The van der Waals surface area contributed by atoms with Crippen molar-refractivity contribution < 1.29 is 22.4 Å². The van der Waals surface area contributed by atoms with Gasteiger partial charge in [-0.2, -0.15) is 0 Å². The highest BCUT2D eigenvalue weighted by atomic mass is 16.5. The van der Waals surface area contributed by atoms with Gasteiger partial charge in [-0.3, -0.25) is 9.97 Å². The Morgan fingerprint density at radius 2 is 0.855 bits per heavy atom. The standard InChI is InChI=1S/C62H64N2O5/c1-35-47-23-37(33-59(3,4)5)15-17-49(47)66-55(35)51-29-39-19-21-63-53(57(39)68-51)41-25-43(61(9,10)11)31-45(27-41)65-46-28-42(26-44(32-46)62(12,13)14)54-58-40(20-22-64-54)30-52(69-58)56-36(2)48-24-38(34-60(6,7)8)16-18-50(48)67-56/h15-32H,33-34H2,1-14H3. The molecule has 0 aliphatic heterocycles. The highest BCUT2D eigenvalue weighted by Gasteiger charge is 2.25. The largest absolute Gasteiger partial charge is 0.457 e. The van der Waals surface area contributed by atoms with Gasteiger partial charge in [0.25, 0.3) is 0 Å². The molecule has 0 N–H and O–H groups in total. The van der Waals surface area contributed by atoms with Gasteiger partial charge in [-0.1, -0.05) is 95.2 Å². The molecule has 0 saturated carbocycles. The Bertz CT molecular complexity index is 3360. The number of pyridine rings is 2. The van der Waals surface area contributed by atoms with Crippen molar-refractivity contribution in [3.8, 4) is 57.1 Å². The molecule has 0 spiro atoms. The zero-order chi connectivity index (χ0) is 48.9. The van der Waals surface area contributed by atoms with Crippen molar-refractivity contribution in [2.45, 2.75) is 121 Å². The highest BCUT2D eigenvalue weighted by molar-refractivity contribution is 5.96. The number of fused-ring (bicyclic) bond motifs is 4. The summed E-state index contributed by atoms with van der Waals surface area (Å²) in [6.07, 6.45) is 5.65. The lowest BCUT2D eigenvalue weighted by molar-refractivity contribution is 0.411. The van der Waals surface area contributed by atoms with Gasteiger partial charge in [-0.25, -0.2) is 0 Å². The Kier molecular flexibility index (Phi) is 10.9. The average Bonchev–Trinajstić information content (AvgIpc) is 4.04. The van der Waals surface area contributed by atoms with Crippen LogP contribution in [-0.4, -0.2) is 9.97 Å². The first kappa shape index (κ1) is 45.9. The molecule has 10 aromatic rings. The van der Waals surface area contributed by atoms with Gasteiger partial charge in [0.15, 0.2) is 34.2 Å². The third-order valence-electron chi connectivity index (χ3n) is 13.1. The van der Waals surface area contributed by atoms with Crippen molar-refractivity contribution in [1.29, 1.82) is 0 Å². The molecule has 0 unspecified atom stereocenters. The van der Waals surface area contributed by atoms with Crippen LogP contribution in [0.5, 0.6) is 11.5 Å². The maximum absolute atomic E-state index is 6.98. The lowest BCUT2D eigenvalue weighted by atomic mass is 9.85. The monoisotopic (exact) mass is 916 g/mol. The maximum atomic E-state index is 6.98. The average molecular weight is 917 g/mol. The van der Waals surface area contributed by atoms with Crippen LogP contribution < -0.4 is 4.74 Å². The molecule has 0 saturated heterocycles. The number of benzene rings is 4. The van der Waals surface area contributed by atoms with E-state index in [0.29, 0.717) is 34.2 Å². The van der Waals surface area contributed by atoms with E-state index in [0.717, 1.165) is 102 Å². The number of rotatable bonds is 8. The minimum absolute atomic E-state index is 0.178. The van der Waals surface area contributed by atoms with Crippen molar-refractivity contribution in [2.75, 3.05) is 0 Å². The molecule has 10 rings (SSSR count). The Labute approximate surface area is 405 Å². The van der Waals surface area contributed by atoms with E-state index >= 15 is 0 Å². The van der Waals surface area contributed by atoms with Gasteiger partial charge in [-0.05, 0) is 156 Å². The van der Waals surface area contributed by atoms with Crippen LogP contribution in [0.2, 0.25) is 0 Å². The van der Waals surface area contributed by atoms with E-state index in [4.69, 9.17) is 32.4 Å². The van der Waals surface area contributed by atoms with E-state index in [1.807, 2.05) is 24.5 Å². The van der Waals surface area contributed by atoms with Crippen LogP contribution in [0.1, 0.15) is 116 Å². The topological polar surface area (TPSA) is 87.6 Å². The van der Waals surface area contributed by atoms with E-state index in [1.54, 1.807) is 0 Å². The first-order valence-electron chi connectivity index (χ1n) is 24.3. The van der Waals surface area contributed by atoms with Crippen molar-refractivity contribution in [2.24, 2.45) is 10.8 Å². The van der Waals surface area contributed by atoms with E-state index in [-0.39, 0.29) is 21.7 Å². The molecular weight excluding hydrogens is 853 g/mol. The molecule has 7 nitrogen and oxygen atoms in total. The number of ether oxygens (including phenoxy) is 1. The minimum atomic E-state index is -0.199. The summed E-state index contributed by atoms with van der Waals surface area (Å²) in [4.78, 5) is 9.90. The van der Waals surface area contributed by atoms with Gasteiger partial charge in [0.2, 0.25) is 0 Å². The first-order chi connectivity index (χ1) is 32.4. The number of hydrogen-bond acceptors (Lipinski definition) is 7. The van der Waals surface area contributed by atoms with Gasteiger partial charge in [-0.15, -0.1) is 0 Å². The summed E-state index contributed by atoms with van der Waals surface area (Å²) in [7, 11) is 0. The molecule has 0 radical (unpaired) electrons. The lowest BCUT2D eigenvalue weighted by Crippen LogP contribution is -2.12. The van der Waals surface area contributed by atoms with Crippen LogP contribution in [0.4, 0.5) is 0 Å². The molecule has 6 heterocycles. The summed E-state index contributed by atoms with van der Waals surface area (Å²) in [5.74, 6) is 4.19. The molecular formula is C62H64N2O5. The summed E-state index contributed by atoms with van der Waals surface area (Å²) in [6, 6.07) is 33.9. The van der Waals surface area contributed by atoms with Gasteiger partial charge in [0.1, 0.15) is 34.1 Å². The van der Waals surface area contributed by atoms with Crippen LogP contribution in [0.25, 0.3) is 89.4 Å². The molecule has 352 valence electrons. The Balaban J connectivity index is 1.03. The van der Waals surface area contributed by atoms with Crippen LogP contribution in [0.15, 0.2) is 127 Å². The van der Waals surface area contributed by atoms with Crippen molar-refractivity contribution in [1.82, 2.24) is 9.97 Å². The second-order valence-corrected chi connectivity index (χ2v) is 23.7. The van der Waals surface area contributed by atoms with Gasteiger partial charge < -0.3 is 22.4 Å². The molecule has 0 fully saturated rings. The summed E-state index contributed by atoms with van der Waals surface area (Å²) >= 11 is 0. The van der Waals surface area contributed by atoms with Crippen molar-refractivity contribution >= 4 is 43.9 Å². The fourth-order valence-corrected chi connectivity index (χ4v) is 9.61. The van der Waals surface area contributed by atoms with Gasteiger partial charge in [0, 0.05) is 56.2 Å². The van der Waals surface area contributed by atoms with Gasteiger partial charge >= 0.3 is 0 Å². The second-order valence-electron chi connectivity index (χ2n) is 23.7. The van der Waals surface area contributed by atoms with E-state index in [2.05, 4.69) is 182 Å². The maximum Gasteiger partial charge on any atom is 0.173 e. The normalized spacial score (nSPS) is 12.9. The zero-order valence-electron chi connectivity index (χ0n) is 42.7. The van der Waals surface area contributed by atoms with Gasteiger partial charge in [0.05, 0.1) is 0 Å². The molecule has 4 aromatic carbocycles. The van der Waals surface area contributed by atoms with E-state index in [9.17, 15) is 0 Å². The van der Waals surface area contributed by atoms with Crippen LogP contribution in [0.3, 0.4) is 0 Å². The van der Waals surface area contributed by atoms with E-state index < -0.39 is 0 Å². The number of furan rings is 4. The molecule has 0 atom stereocenters. The predicted molar refractivity (Wildman–Crippen MR) is 283 cm³/mol. The number of hydrogen-bond donors (Lipinski definition) is 0. The fourth-order valence-electron chi connectivity index (χ4n) is 9.61. The van der Waals surface area contributed by atoms with Crippen LogP contribution in [0, 0.1) is 24.7 Å². The molecule has 6 aromatic heterocycles. The molecule has 0 aliphatic carbocycles. The van der Waals surface area contributed by atoms with Crippen molar-refractivity contribution in [3.63, 3.8) is 0 Å². The lowest BCUT2D eigenvalue weighted by Gasteiger charge is -2.23. The molecule has 69 heavy (non-hydrogen) atoms. The molecule has 0 aliphatic rings. The second kappa shape index (κ2) is 16.4. The Morgan fingerprint density at radius 3 is 1.23 bits per heavy atom. The highest BCUT2D eigenvalue weighted by Crippen LogP contribution is 2.44. The fraction of sp³-hybridized carbons (Fsp3) is 0.323. The number of aromatic nitrogens is 2. The summed E-state index contributed by atoms with van der Waals surface area (Å²) in [5.41, 5.74) is 13.2. The molecule has 0 bridgehead atoms. The van der Waals surface area contributed by atoms with Crippen LogP contribution in [-0.2, 0) is 23.7 Å². The van der Waals surface area contributed by atoms with E-state index in [1.165, 1.54) is 11.1 Å². The third-order valence-corrected chi connectivity index (χ3v) is 13.1. The van der Waals surface area contributed by atoms with Crippen LogP contribution >= 0.6 is 0 Å². The SMILES string of the molecule is Cc1c(-c2cc3ccnc(-c4cc(Oc5cc(-c6nccc7cc(-c8oc9ccc(CC(C)(C)C)cc9c8C)oc67)cc(C(C)(C)C)c5)cc(C(C)(C)C)c4)c3o2)oc2ccc(CC(C)(C)C)cc12. The predicted octanol–water partition coefficient (Wildman–Crippen LogP) is 18.3. The molecule has 0 amide bonds. The summed E-state index contributed by atoms with van der Waals surface area (Å²) < 4.78 is 33.5. The number of nitrogens with zero attached hydrogens (tertiary/aromatic N) is 2. The Hall–Kier alpha value is -6.86. The number of aryl methyl sites for hydroxylation is 2. The molecule has 7 heteroatoms. The smallest absolute Gasteiger partial charge is 0.173 e. The third kappa shape index (κ3) is 9.12. The quantitative estimate of drug-likeness (QED) is 0.150. The Morgan fingerprint density at radius 1 is 0.449 bits per heavy atom. The summed E-state index contributed by atoms with van der Waals surface area (Å²) in [5, 5.41) is 4.09.